The van der Waals surface area contributed by atoms with E-state index < -0.39 is 0 Å². The Morgan fingerprint density at radius 1 is 1.44 bits per heavy atom. The first-order chi connectivity index (χ1) is 7.74. The van der Waals surface area contributed by atoms with Crippen LogP contribution in [0.1, 0.15) is 33.1 Å². The summed E-state index contributed by atoms with van der Waals surface area (Å²) in [6.45, 7) is 6.26. The van der Waals surface area contributed by atoms with E-state index in [2.05, 4.69) is 19.2 Å². The average molecular weight is 222 g/mol. The molecule has 16 heavy (non-hydrogen) atoms. The van der Waals surface area contributed by atoms with Crippen LogP contribution in [0.15, 0.2) is 29.2 Å². The van der Waals surface area contributed by atoms with Crippen molar-refractivity contribution in [3.05, 3.63) is 34.7 Å². The van der Waals surface area contributed by atoms with Gasteiger partial charge >= 0.3 is 0 Å². The van der Waals surface area contributed by atoms with Crippen molar-refractivity contribution in [3.8, 4) is 0 Å². The molecule has 3 nitrogen and oxygen atoms in total. The maximum atomic E-state index is 11.4. The molecule has 0 radical (unpaired) electrons. The summed E-state index contributed by atoms with van der Waals surface area (Å²) in [6, 6.07) is 5.84. The van der Waals surface area contributed by atoms with Gasteiger partial charge in [0, 0.05) is 24.8 Å². The first kappa shape index (κ1) is 13.0. The molecule has 1 rings (SSSR count). The second-order valence-electron chi connectivity index (χ2n) is 4.23. The SMILES string of the molecule is CCCNC(C)CCCn1ccccc1=O. The van der Waals surface area contributed by atoms with E-state index in [0.29, 0.717) is 6.04 Å². The standard InChI is InChI=1S/C13H22N2O/c1-3-9-14-12(2)7-6-11-15-10-5-4-8-13(15)16/h4-5,8,10,12,14H,3,6-7,9,11H2,1-2H3. The highest BCUT2D eigenvalue weighted by molar-refractivity contribution is 4.92. The zero-order valence-electron chi connectivity index (χ0n) is 10.3. The lowest BCUT2D eigenvalue weighted by Crippen LogP contribution is -2.27. The van der Waals surface area contributed by atoms with Gasteiger partial charge in [-0.2, -0.15) is 0 Å². The third-order valence-electron chi connectivity index (χ3n) is 2.68. The topological polar surface area (TPSA) is 34.0 Å². The van der Waals surface area contributed by atoms with Gasteiger partial charge in [-0.15, -0.1) is 0 Å². The van der Waals surface area contributed by atoms with Crippen molar-refractivity contribution < 1.29 is 0 Å². The minimum atomic E-state index is 0.0941. The molecule has 1 aromatic rings. The lowest BCUT2D eigenvalue weighted by Gasteiger charge is -2.13. The first-order valence-electron chi connectivity index (χ1n) is 6.13. The molecule has 1 N–H and O–H groups in total. The number of aryl methyl sites for hydroxylation is 1. The maximum Gasteiger partial charge on any atom is 0.250 e. The Balaban J connectivity index is 2.25. The van der Waals surface area contributed by atoms with Crippen molar-refractivity contribution in [2.24, 2.45) is 0 Å². The molecule has 0 aliphatic heterocycles. The number of aromatic nitrogens is 1. The van der Waals surface area contributed by atoms with Gasteiger partial charge < -0.3 is 9.88 Å². The zero-order chi connectivity index (χ0) is 11.8. The van der Waals surface area contributed by atoms with Crippen LogP contribution >= 0.6 is 0 Å². The van der Waals surface area contributed by atoms with Gasteiger partial charge in [-0.25, -0.2) is 0 Å². The summed E-state index contributed by atoms with van der Waals surface area (Å²) in [7, 11) is 0. The van der Waals surface area contributed by atoms with Gasteiger partial charge in [-0.1, -0.05) is 13.0 Å². The monoisotopic (exact) mass is 222 g/mol. The molecule has 3 heteroatoms. The van der Waals surface area contributed by atoms with Crippen LogP contribution in [0.3, 0.4) is 0 Å². The highest BCUT2D eigenvalue weighted by Crippen LogP contribution is 1.98. The summed E-state index contributed by atoms with van der Waals surface area (Å²) in [5.41, 5.74) is 0.0941. The van der Waals surface area contributed by atoms with Gasteiger partial charge in [0.1, 0.15) is 0 Å². The van der Waals surface area contributed by atoms with Gasteiger partial charge in [0.2, 0.25) is 5.56 Å². The Hall–Kier alpha value is -1.09. The van der Waals surface area contributed by atoms with Crippen molar-refractivity contribution in [1.29, 1.82) is 0 Å². The summed E-state index contributed by atoms with van der Waals surface area (Å²) >= 11 is 0. The normalized spacial score (nSPS) is 12.6. The first-order valence-corrected chi connectivity index (χ1v) is 6.13. The number of nitrogens with zero attached hydrogens (tertiary/aromatic N) is 1. The molecule has 1 heterocycles. The third-order valence-corrected chi connectivity index (χ3v) is 2.68. The molecule has 0 saturated carbocycles. The van der Waals surface area contributed by atoms with Crippen molar-refractivity contribution in [1.82, 2.24) is 9.88 Å². The number of nitrogens with one attached hydrogen (secondary N) is 1. The van der Waals surface area contributed by atoms with E-state index in [9.17, 15) is 4.79 Å². The highest BCUT2D eigenvalue weighted by atomic mass is 16.1. The van der Waals surface area contributed by atoms with Gasteiger partial charge in [0.25, 0.3) is 0 Å². The van der Waals surface area contributed by atoms with Crippen molar-refractivity contribution in [2.45, 2.75) is 45.7 Å². The molecule has 0 aliphatic carbocycles. The van der Waals surface area contributed by atoms with E-state index >= 15 is 0 Å². The lowest BCUT2D eigenvalue weighted by atomic mass is 10.2. The Bertz CT molecular complexity index is 346. The molecule has 1 unspecified atom stereocenters. The fourth-order valence-electron chi connectivity index (χ4n) is 1.71. The van der Waals surface area contributed by atoms with Crippen LogP contribution in [0.5, 0.6) is 0 Å². The van der Waals surface area contributed by atoms with Crippen molar-refractivity contribution in [3.63, 3.8) is 0 Å². The summed E-state index contributed by atoms with van der Waals surface area (Å²) in [5, 5.41) is 3.45. The highest BCUT2D eigenvalue weighted by Gasteiger charge is 2.00. The van der Waals surface area contributed by atoms with Crippen LogP contribution in [0, 0.1) is 0 Å². The molecular weight excluding hydrogens is 200 g/mol. The molecule has 1 aromatic heterocycles. The van der Waals surface area contributed by atoms with E-state index in [4.69, 9.17) is 0 Å². The fourth-order valence-corrected chi connectivity index (χ4v) is 1.71. The lowest BCUT2D eigenvalue weighted by molar-refractivity contribution is 0.473. The van der Waals surface area contributed by atoms with Gasteiger partial charge in [-0.3, -0.25) is 4.79 Å². The van der Waals surface area contributed by atoms with Crippen LogP contribution < -0.4 is 10.9 Å². The Morgan fingerprint density at radius 2 is 2.25 bits per heavy atom. The quantitative estimate of drug-likeness (QED) is 0.766. The molecule has 1 atom stereocenters. The molecule has 0 fully saturated rings. The Kier molecular flexibility index (Phi) is 5.86. The Labute approximate surface area is 97.5 Å². The predicted octanol–water partition coefficient (Wildman–Crippen LogP) is 2.02. The molecule has 0 spiro atoms. The van der Waals surface area contributed by atoms with Crippen LogP contribution in [0.25, 0.3) is 0 Å². The second kappa shape index (κ2) is 7.23. The number of hydrogen-bond donors (Lipinski definition) is 1. The summed E-state index contributed by atoms with van der Waals surface area (Å²) in [5.74, 6) is 0. The fraction of sp³-hybridized carbons (Fsp3) is 0.615. The number of hydrogen-bond acceptors (Lipinski definition) is 2. The van der Waals surface area contributed by atoms with Gasteiger partial charge in [0.05, 0.1) is 0 Å². The van der Waals surface area contributed by atoms with Crippen LogP contribution in [0.4, 0.5) is 0 Å². The second-order valence-corrected chi connectivity index (χ2v) is 4.23. The molecule has 0 saturated heterocycles. The van der Waals surface area contributed by atoms with E-state index in [-0.39, 0.29) is 5.56 Å². The largest absolute Gasteiger partial charge is 0.316 e. The number of rotatable bonds is 7. The molecular formula is C13H22N2O. The van der Waals surface area contributed by atoms with Gasteiger partial charge in [-0.05, 0) is 38.8 Å². The van der Waals surface area contributed by atoms with E-state index in [0.717, 1.165) is 25.9 Å². The minimum absolute atomic E-state index is 0.0941. The summed E-state index contributed by atoms with van der Waals surface area (Å²) in [4.78, 5) is 11.4. The van der Waals surface area contributed by atoms with Crippen LogP contribution in [-0.2, 0) is 6.54 Å². The van der Waals surface area contributed by atoms with E-state index in [1.807, 2.05) is 12.3 Å². The summed E-state index contributed by atoms with van der Waals surface area (Å²) in [6.07, 6.45) is 5.18. The van der Waals surface area contributed by atoms with Crippen molar-refractivity contribution in [2.75, 3.05) is 6.54 Å². The van der Waals surface area contributed by atoms with E-state index in [1.54, 1.807) is 16.7 Å². The third kappa shape index (κ3) is 4.62. The minimum Gasteiger partial charge on any atom is -0.316 e. The molecule has 0 bridgehead atoms. The van der Waals surface area contributed by atoms with Crippen molar-refractivity contribution >= 4 is 0 Å². The molecule has 90 valence electrons. The Morgan fingerprint density at radius 3 is 2.94 bits per heavy atom. The average Bonchev–Trinajstić information content (AvgIpc) is 2.29. The van der Waals surface area contributed by atoms with E-state index in [1.165, 1.54) is 6.42 Å². The van der Waals surface area contributed by atoms with Gasteiger partial charge in [0.15, 0.2) is 0 Å². The summed E-state index contributed by atoms with van der Waals surface area (Å²) < 4.78 is 1.77. The van der Waals surface area contributed by atoms with Crippen LogP contribution in [0.2, 0.25) is 0 Å². The molecule has 0 aliphatic rings. The zero-order valence-corrected chi connectivity index (χ0v) is 10.3. The van der Waals surface area contributed by atoms with Crippen LogP contribution in [-0.4, -0.2) is 17.2 Å². The number of pyridine rings is 1. The molecule has 0 amide bonds. The predicted molar refractivity (Wildman–Crippen MR) is 67.7 cm³/mol. The maximum absolute atomic E-state index is 11.4. The molecule has 0 aromatic carbocycles. The smallest absolute Gasteiger partial charge is 0.250 e.